The first-order valence-corrected chi connectivity index (χ1v) is 6.49. The minimum atomic E-state index is -0.282. The fourth-order valence-corrected chi connectivity index (χ4v) is 2.50. The summed E-state index contributed by atoms with van der Waals surface area (Å²) in [5.41, 5.74) is 1.91. The maximum Gasteiger partial charge on any atom is 0.199 e. The largest absolute Gasteiger partial charge is 0.445 e. The lowest BCUT2D eigenvalue weighted by atomic mass is 9.99. The van der Waals surface area contributed by atoms with Gasteiger partial charge in [-0.3, -0.25) is 0 Å². The quantitative estimate of drug-likeness (QED) is 0.906. The molecule has 0 bridgehead atoms. The van der Waals surface area contributed by atoms with E-state index in [1.807, 2.05) is 24.3 Å². The van der Waals surface area contributed by atoms with E-state index in [2.05, 4.69) is 4.98 Å². The third kappa shape index (κ3) is 2.28. The molecule has 0 spiro atoms. The van der Waals surface area contributed by atoms with Crippen LogP contribution >= 0.6 is 11.6 Å². The maximum atomic E-state index is 9.60. The molecule has 3 nitrogen and oxygen atoms in total. The molecule has 0 fully saturated rings. The summed E-state index contributed by atoms with van der Waals surface area (Å²) in [5, 5.41) is 10.3. The smallest absolute Gasteiger partial charge is 0.199 e. The van der Waals surface area contributed by atoms with Crippen LogP contribution in [0.4, 0.5) is 0 Å². The highest BCUT2D eigenvalue weighted by molar-refractivity contribution is 6.31. The normalized spacial score (nSPS) is 18.7. The number of aromatic nitrogens is 1. The Morgan fingerprint density at radius 1 is 1.39 bits per heavy atom. The van der Waals surface area contributed by atoms with E-state index in [4.69, 9.17) is 16.0 Å². The lowest BCUT2D eigenvalue weighted by Gasteiger charge is -2.13. The number of aliphatic hydroxyl groups excluding tert-OH is 1. The monoisotopic (exact) mass is 263 g/mol. The van der Waals surface area contributed by atoms with E-state index in [0.717, 1.165) is 34.9 Å². The molecule has 94 valence electrons. The molecule has 1 aliphatic rings. The predicted octanol–water partition coefficient (Wildman–Crippen LogP) is 2.77. The van der Waals surface area contributed by atoms with Crippen molar-refractivity contribution in [1.82, 2.24) is 4.98 Å². The first-order chi connectivity index (χ1) is 8.72. The summed E-state index contributed by atoms with van der Waals surface area (Å²) in [6.07, 6.45) is 2.44. The average molecular weight is 264 g/mol. The van der Waals surface area contributed by atoms with Crippen LogP contribution in [0.15, 0.2) is 28.7 Å². The van der Waals surface area contributed by atoms with Gasteiger partial charge in [0.05, 0.1) is 18.2 Å². The third-order valence-corrected chi connectivity index (χ3v) is 3.62. The molecule has 3 rings (SSSR count). The van der Waals surface area contributed by atoms with Crippen molar-refractivity contribution in [2.24, 2.45) is 0 Å². The zero-order valence-corrected chi connectivity index (χ0v) is 10.7. The molecule has 0 saturated heterocycles. The molecule has 0 radical (unpaired) electrons. The van der Waals surface area contributed by atoms with Gasteiger partial charge in [-0.05, 0) is 18.1 Å². The molecule has 2 aromatic rings. The van der Waals surface area contributed by atoms with Crippen molar-refractivity contribution in [3.63, 3.8) is 0 Å². The minimum Gasteiger partial charge on any atom is -0.445 e. The standard InChI is InChI=1S/C14H14ClNO2/c15-11-4-2-1-3-9(11)7-14-16-12-8-10(17)5-6-13(12)18-14/h1-4,10,17H,5-8H2. The first kappa shape index (κ1) is 11.8. The summed E-state index contributed by atoms with van der Waals surface area (Å²) >= 11 is 6.11. The summed E-state index contributed by atoms with van der Waals surface area (Å²) in [5.74, 6) is 1.60. The number of fused-ring (bicyclic) bond motifs is 1. The van der Waals surface area contributed by atoms with Crippen molar-refractivity contribution in [1.29, 1.82) is 0 Å². The summed E-state index contributed by atoms with van der Waals surface area (Å²) in [7, 11) is 0. The molecular formula is C14H14ClNO2. The van der Waals surface area contributed by atoms with E-state index in [0.29, 0.717) is 18.7 Å². The highest BCUT2D eigenvalue weighted by Crippen LogP contribution is 2.25. The number of hydrogen-bond donors (Lipinski definition) is 1. The Hall–Kier alpha value is -1.32. The van der Waals surface area contributed by atoms with Gasteiger partial charge in [-0.2, -0.15) is 0 Å². The molecule has 1 atom stereocenters. The van der Waals surface area contributed by atoms with Crippen molar-refractivity contribution >= 4 is 11.6 Å². The number of aryl methyl sites for hydroxylation is 1. The zero-order chi connectivity index (χ0) is 12.5. The van der Waals surface area contributed by atoms with Gasteiger partial charge in [0.15, 0.2) is 5.89 Å². The van der Waals surface area contributed by atoms with E-state index >= 15 is 0 Å². The van der Waals surface area contributed by atoms with Crippen LogP contribution in [-0.2, 0) is 19.3 Å². The second kappa shape index (κ2) is 4.75. The maximum absolute atomic E-state index is 9.60. The fraction of sp³-hybridized carbons (Fsp3) is 0.357. The number of rotatable bonds is 2. The molecule has 1 aromatic heterocycles. The summed E-state index contributed by atoms with van der Waals surface area (Å²) in [6.45, 7) is 0. The summed E-state index contributed by atoms with van der Waals surface area (Å²) in [6, 6.07) is 7.69. The molecule has 1 aromatic carbocycles. The van der Waals surface area contributed by atoms with Gasteiger partial charge in [-0.25, -0.2) is 4.98 Å². The molecule has 0 aliphatic heterocycles. The average Bonchev–Trinajstić information content (AvgIpc) is 2.73. The van der Waals surface area contributed by atoms with Crippen molar-refractivity contribution < 1.29 is 9.52 Å². The highest BCUT2D eigenvalue weighted by atomic mass is 35.5. The summed E-state index contributed by atoms with van der Waals surface area (Å²) < 4.78 is 5.73. The third-order valence-electron chi connectivity index (χ3n) is 3.26. The Balaban J connectivity index is 1.84. The Kier molecular flexibility index (Phi) is 3.10. The topological polar surface area (TPSA) is 46.3 Å². The van der Waals surface area contributed by atoms with Crippen molar-refractivity contribution in [3.05, 3.63) is 52.2 Å². The van der Waals surface area contributed by atoms with Gasteiger partial charge >= 0.3 is 0 Å². The van der Waals surface area contributed by atoms with E-state index in [1.54, 1.807) is 0 Å². The van der Waals surface area contributed by atoms with Gasteiger partial charge in [-0.15, -0.1) is 0 Å². The highest BCUT2D eigenvalue weighted by Gasteiger charge is 2.22. The van der Waals surface area contributed by atoms with E-state index in [-0.39, 0.29) is 6.10 Å². The number of aliphatic hydroxyl groups is 1. The van der Waals surface area contributed by atoms with E-state index in [1.165, 1.54) is 0 Å². The zero-order valence-electron chi connectivity index (χ0n) is 9.90. The van der Waals surface area contributed by atoms with Gasteiger partial charge < -0.3 is 9.52 Å². The molecule has 4 heteroatoms. The molecule has 0 saturated carbocycles. The molecule has 0 amide bonds. The van der Waals surface area contributed by atoms with Crippen LogP contribution < -0.4 is 0 Å². The van der Waals surface area contributed by atoms with E-state index in [9.17, 15) is 5.11 Å². The van der Waals surface area contributed by atoms with Crippen LogP contribution in [0.5, 0.6) is 0 Å². The Morgan fingerprint density at radius 2 is 2.22 bits per heavy atom. The van der Waals surface area contributed by atoms with Gasteiger partial charge in [0.2, 0.25) is 0 Å². The van der Waals surface area contributed by atoms with Crippen LogP contribution in [0.1, 0.15) is 29.3 Å². The number of hydrogen-bond acceptors (Lipinski definition) is 3. The van der Waals surface area contributed by atoms with Crippen LogP contribution in [0.3, 0.4) is 0 Å². The molecule has 1 aliphatic carbocycles. The Morgan fingerprint density at radius 3 is 3.06 bits per heavy atom. The molecular weight excluding hydrogens is 250 g/mol. The predicted molar refractivity (Wildman–Crippen MR) is 68.8 cm³/mol. The first-order valence-electron chi connectivity index (χ1n) is 6.11. The second-order valence-electron chi connectivity index (χ2n) is 4.64. The second-order valence-corrected chi connectivity index (χ2v) is 5.05. The van der Waals surface area contributed by atoms with Gasteiger partial charge in [-0.1, -0.05) is 29.8 Å². The number of nitrogens with zero attached hydrogens (tertiary/aromatic N) is 1. The summed E-state index contributed by atoms with van der Waals surface area (Å²) in [4.78, 5) is 4.45. The van der Waals surface area contributed by atoms with Crippen LogP contribution in [0, 0.1) is 0 Å². The van der Waals surface area contributed by atoms with Crippen LogP contribution in [0.25, 0.3) is 0 Å². The van der Waals surface area contributed by atoms with Gasteiger partial charge in [0.1, 0.15) is 5.76 Å². The van der Waals surface area contributed by atoms with Crippen molar-refractivity contribution in [3.8, 4) is 0 Å². The van der Waals surface area contributed by atoms with E-state index < -0.39 is 0 Å². The van der Waals surface area contributed by atoms with Crippen LogP contribution in [-0.4, -0.2) is 16.2 Å². The number of oxazole rings is 1. The Bertz CT molecular complexity index is 565. The lowest BCUT2D eigenvalue weighted by molar-refractivity contribution is 0.153. The van der Waals surface area contributed by atoms with Crippen LogP contribution in [0.2, 0.25) is 5.02 Å². The van der Waals surface area contributed by atoms with Gasteiger partial charge in [0.25, 0.3) is 0 Å². The SMILES string of the molecule is OC1CCc2oc(Cc3ccccc3Cl)nc2C1. The Labute approximate surface area is 110 Å². The molecule has 1 unspecified atom stereocenters. The molecule has 1 N–H and O–H groups in total. The van der Waals surface area contributed by atoms with Crippen molar-refractivity contribution in [2.75, 3.05) is 0 Å². The molecule has 1 heterocycles. The molecule has 18 heavy (non-hydrogen) atoms. The van der Waals surface area contributed by atoms with Crippen molar-refractivity contribution in [2.45, 2.75) is 31.8 Å². The lowest BCUT2D eigenvalue weighted by Crippen LogP contribution is -2.17. The fourth-order valence-electron chi connectivity index (χ4n) is 2.29. The number of halogens is 1. The number of benzene rings is 1. The van der Waals surface area contributed by atoms with Gasteiger partial charge in [0, 0.05) is 17.9 Å². The minimum absolute atomic E-state index is 0.282.